The second kappa shape index (κ2) is 11.6. The molecule has 5 rings (SSSR count). The highest BCUT2D eigenvalue weighted by Gasteiger charge is 2.38. The van der Waals surface area contributed by atoms with E-state index >= 15 is 0 Å². The Balaban J connectivity index is 1.46. The third kappa shape index (κ3) is 5.34. The van der Waals surface area contributed by atoms with Gasteiger partial charge in [0.15, 0.2) is 17.4 Å². The Labute approximate surface area is 239 Å². The van der Waals surface area contributed by atoms with Crippen molar-refractivity contribution in [2.45, 2.75) is 25.9 Å². The highest BCUT2D eigenvalue weighted by molar-refractivity contribution is 7.09. The molecule has 3 heterocycles. The fourth-order valence-electron chi connectivity index (χ4n) is 4.79. The Morgan fingerprint density at radius 1 is 1.07 bits per heavy atom. The molecule has 9 nitrogen and oxygen atoms in total. The molecule has 0 bridgehead atoms. The van der Waals surface area contributed by atoms with E-state index in [4.69, 9.17) is 14.2 Å². The van der Waals surface area contributed by atoms with E-state index in [9.17, 15) is 18.7 Å². The van der Waals surface area contributed by atoms with Gasteiger partial charge in [0.25, 0.3) is 5.91 Å². The van der Waals surface area contributed by atoms with E-state index in [1.165, 1.54) is 42.6 Å². The number of likely N-dealkylation sites (tertiary alicyclic amines) is 1. The maximum absolute atomic E-state index is 14.1. The van der Waals surface area contributed by atoms with Gasteiger partial charge in [-0.2, -0.15) is 4.39 Å². The average molecular weight is 583 g/mol. The molecule has 0 atom stereocenters. The van der Waals surface area contributed by atoms with Gasteiger partial charge in [-0.1, -0.05) is 18.7 Å². The van der Waals surface area contributed by atoms with Gasteiger partial charge in [-0.15, -0.1) is 11.3 Å². The number of carbonyl (C=O) groups excluding carboxylic acids is 1. The van der Waals surface area contributed by atoms with Crippen molar-refractivity contribution in [1.82, 2.24) is 9.88 Å². The standard InChI is InChI=1S/C29H28F2N4O5S/c1-16-24(28(36)34-13-11-18(12-14-34)40-21-8-5-7-19(30)25(21)31)29(37)35(27(32-16)20-15-41-17(2)33-20)26-22(38-3)9-6-10-23(26)39-4/h5-10,15,18,37H,1,11-14H2,2-4H3. The second-order valence-electron chi connectivity index (χ2n) is 9.34. The summed E-state index contributed by atoms with van der Waals surface area (Å²) in [6, 6.07) is 8.90. The Bertz CT molecular complexity index is 1540. The number of piperidine rings is 1. The first-order valence-electron chi connectivity index (χ1n) is 12.8. The molecular formula is C29H28F2N4O5S. The summed E-state index contributed by atoms with van der Waals surface area (Å²) in [5, 5.41) is 14.3. The third-order valence-electron chi connectivity index (χ3n) is 6.80. The molecule has 2 aliphatic heterocycles. The van der Waals surface area contributed by atoms with E-state index in [2.05, 4.69) is 16.6 Å². The van der Waals surface area contributed by atoms with Crippen LogP contribution in [-0.2, 0) is 4.79 Å². The Morgan fingerprint density at radius 2 is 1.71 bits per heavy atom. The fourth-order valence-corrected chi connectivity index (χ4v) is 5.38. The van der Waals surface area contributed by atoms with Crippen LogP contribution in [0, 0.1) is 18.6 Å². The first kappa shape index (κ1) is 28.1. The monoisotopic (exact) mass is 582 g/mol. The minimum atomic E-state index is -1.05. The molecule has 1 amide bonds. The molecule has 1 aromatic heterocycles. The topological polar surface area (TPSA) is 96.7 Å². The maximum atomic E-state index is 14.1. The number of aliphatic hydroxyl groups is 1. The highest BCUT2D eigenvalue weighted by Crippen LogP contribution is 2.43. The van der Waals surface area contributed by atoms with Crippen LogP contribution in [0.25, 0.3) is 0 Å². The van der Waals surface area contributed by atoms with Crippen LogP contribution >= 0.6 is 11.3 Å². The first-order valence-corrected chi connectivity index (χ1v) is 13.7. The number of rotatable bonds is 7. The van der Waals surface area contributed by atoms with Crippen LogP contribution in [0.3, 0.4) is 0 Å². The highest BCUT2D eigenvalue weighted by atomic mass is 32.1. The van der Waals surface area contributed by atoms with Gasteiger partial charge in [0.1, 0.15) is 34.6 Å². The SMILES string of the molecule is C=C1N=C(c2csc(C)n2)N(c2c(OC)cccc2OC)C(O)=C1C(=O)N1CCC(Oc2cccc(F)c2F)CC1. The van der Waals surface area contributed by atoms with Gasteiger partial charge < -0.3 is 24.2 Å². The van der Waals surface area contributed by atoms with Gasteiger partial charge in [0.05, 0.1) is 24.9 Å². The number of anilines is 1. The van der Waals surface area contributed by atoms with E-state index in [0.717, 1.165) is 11.1 Å². The van der Waals surface area contributed by atoms with E-state index < -0.39 is 29.5 Å². The number of methoxy groups -OCH3 is 2. The van der Waals surface area contributed by atoms with Gasteiger partial charge >= 0.3 is 0 Å². The zero-order valence-electron chi connectivity index (χ0n) is 22.7. The van der Waals surface area contributed by atoms with Gasteiger partial charge in [-0.3, -0.25) is 9.69 Å². The summed E-state index contributed by atoms with van der Waals surface area (Å²) >= 11 is 1.41. The normalized spacial score (nSPS) is 16.1. The van der Waals surface area contributed by atoms with Crippen molar-refractivity contribution in [3.05, 3.63) is 87.8 Å². The predicted octanol–water partition coefficient (Wildman–Crippen LogP) is 5.37. The maximum Gasteiger partial charge on any atom is 0.261 e. The summed E-state index contributed by atoms with van der Waals surface area (Å²) < 4.78 is 44.5. The largest absolute Gasteiger partial charge is 0.494 e. The number of aliphatic imine (C=N–C) groups is 1. The van der Waals surface area contributed by atoms with Crippen molar-refractivity contribution in [3.8, 4) is 17.2 Å². The minimum absolute atomic E-state index is 0.0680. The quantitative estimate of drug-likeness (QED) is 0.400. The van der Waals surface area contributed by atoms with Gasteiger partial charge in [-0.25, -0.2) is 14.4 Å². The number of amidine groups is 1. The van der Waals surface area contributed by atoms with Crippen LogP contribution in [0.1, 0.15) is 23.5 Å². The van der Waals surface area contributed by atoms with Crippen LogP contribution in [0.4, 0.5) is 14.5 Å². The number of benzene rings is 2. The average Bonchev–Trinajstić information content (AvgIpc) is 3.41. The van der Waals surface area contributed by atoms with Crippen molar-refractivity contribution in [1.29, 1.82) is 0 Å². The number of hydrogen-bond acceptors (Lipinski definition) is 9. The number of carbonyl (C=O) groups is 1. The smallest absolute Gasteiger partial charge is 0.261 e. The first-order chi connectivity index (χ1) is 19.7. The molecule has 41 heavy (non-hydrogen) atoms. The van der Waals surface area contributed by atoms with Crippen molar-refractivity contribution < 1.29 is 32.9 Å². The van der Waals surface area contributed by atoms with Crippen LogP contribution in [0.5, 0.6) is 17.2 Å². The number of para-hydroxylation sites is 1. The van der Waals surface area contributed by atoms with Crippen molar-refractivity contribution >= 4 is 28.8 Å². The number of amides is 1. The molecule has 0 radical (unpaired) electrons. The summed E-state index contributed by atoms with van der Waals surface area (Å²) in [6.45, 7) is 6.34. The molecule has 214 valence electrons. The summed E-state index contributed by atoms with van der Waals surface area (Å²) in [5.74, 6) is -2.10. The van der Waals surface area contributed by atoms with E-state index in [1.807, 2.05) is 6.92 Å². The number of hydrogen-bond donors (Lipinski definition) is 1. The number of halogens is 2. The zero-order chi connectivity index (χ0) is 29.3. The number of aryl methyl sites for hydroxylation is 1. The molecule has 2 aliphatic rings. The molecule has 1 N–H and O–H groups in total. The Morgan fingerprint density at radius 3 is 2.32 bits per heavy atom. The molecule has 2 aromatic carbocycles. The molecule has 12 heteroatoms. The lowest BCUT2D eigenvalue weighted by molar-refractivity contribution is -0.128. The lowest BCUT2D eigenvalue weighted by Crippen LogP contribution is -2.45. The second-order valence-corrected chi connectivity index (χ2v) is 10.4. The van der Waals surface area contributed by atoms with E-state index in [1.54, 1.807) is 28.5 Å². The number of ether oxygens (including phenoxy) is 3. The summed E-state index contributed by atoms with van der Waals surface area (Å²) in [7, 11) is 2.97. The Hall–Kier alpha value is -4.45. The minimum Gasteiger partial charge on any atom is -0.494 e. The molecular weight excluding hydrogens is 554 g/mol. The van der Waals surface area contributed by atoms with Crippen molar-refractivity contribution in [3.63, 3.8) is 0 Å². The molecule has 0 aliphatic carbocycles. The summed E-state index contributed by atoms with van der Waals surface area (Å²) in [5.41, 5.74) is 0.784. The van der Waals surface area contributed by atoms with E-state index in [-0.39, 0.29) is 35.9 Å². The molecule has 3 aromatic rings. The van der Waals surface area contributed by atoms with Crippen LogP contribution in [-0.4, -0.2) is 60.1 Å². The molecule has 1 saturated heterocycles. The fraction of sp³-hybridized carbons (Fsp3) is 0.276. The lowest BCUT2D eigenvalue weighted by atomic mass is 10.0. The summed E-state index contributed by atoms with van der Waals surface area (Å²) in [6.07, 6.45) is 0.331. The molecule has 1 fully saturated rings. The van der Waals surface area contributed by atoms with Crippen molar-refractivity contribution in [2.75, 3.05) is 32.2 Å². The zero-order valence-corrected chi connectivity index (χ0v) is 23.5. The van der Waals surface area contributed by atoms with Gasteiger partial charge in [0, 0.05) is 31.3 Å². The lowest BCUT2D eigenvalue weighted by Gasteiger charge is -2.35. The summed E-state index contributed by atoms with van der Waals surface area (Å²) in [4.78, 5) is 25.9. The predicted molar refractivity (Wildman–Crippen MR) is 151 cm³/mol. The molecule has 0 spiro atoms. The Kier molecular flexibility index (Phi) is 7.93. The van der Waals surface area contributed by atoms with Crippen LogP contribution in [0.2, 0.25) is 0 Å². The van der Waals surface area contributed by atoms with Crippen molar-refractivity contribution in [2.24, 2.45) is 4.99 Å². The van der Waals surface area contributed by atoms with Crippen LogP contribution < -0.4 is 19.1 Å². The molecule has 0 saturated carbocycles. The number of nitrogens with zero attached hydrogens (tertiary/aromatic N) is 4. The third-order valence-corrected chi connectivity index (χ3v) is 7.58. The van der Waals surface area contributed by atoms with Gasteiger partial charge in [-0.05, 0) is 31.2 Å². The number of aromatic nitrogens is 1. The number of aliphatic hydroxyl groups excluding tert-OH is 1. The number of thiazole rings is 1. The van der Waals surface area contributed by atoms with Gasteiger partial charge in [0.2, 0.25) is 11.7 Å². The molecule has 0 unspecified atom stereocenters. The van der Waals surface area contributed by atoms with Crippen LogP contribution in [0.15, 0.2) is 70.5 Å². The van der Waals surface area contributed by atoms with E-state index in [0.29, 0.717) is 35.7 Å².